The van der Waals surface area contributed by atoms with Crippen LogP contribution < -0.4 is 11.1 Å². The van der Waals surface area contributed by atoms with Gasteiger partial charge in [0.15, 0.2) is 0 Å². The molecular formula is C15H22N4S. The predicted octanol–water partition coefficient (Wildman–Crippen LogP) is 3.55. The molecule has 0 saturated heterocycles. The topological polar surface area (TPSA) is 63.8 Å². The van der Waals surface area contributed by atoms with Crippen LogP contribution >= 0.6 is 11.8 Å². The Bertz CT molecular complexity index is 573. The van der Waals surface area contributed by atoms with E-state index in [1.807, 2.05) is 30.0 Å². The van der Waals surface area contributed by atoms with E-state index in [1.54, 1.807) is 6.33 Å². The van der Waals surface area contributed by atoms with Crippen molar-refractivity contribution in [2.24, 2.45) is 0 Å². The van der Waals surface area contributed by atoms with Crippen LogP contribution in [0.3, 0.4) is 0 Å². The first kappa shape index (κ1) is 14.9. The molecule has 0 saturated carbocycles. The van der Waals surface area contributed by atoms with Crippen LogP contribution in [0.4, 0.5) is 11.5 Å². The van der Waals surface area contributed by atoms with Gasteiger partial charge in [0.05, 0.1) is 5.52 Å². The highest BCUT2D eigenvalue weighted by molar-refractivity contribution is 8.00. The first-order chi connectivity index (χ1) is 9.64. The van der Waals surface area contributed by atoms with E-state index in [-0.39, 0.29) is 4.75 Å². The number of nitrogen functional groups attached to an aromatic ring is 1. The first-order valence-electron chi connectivity index (χ1n) is 6.93. The van der Waals surface area contributed by atoms with Gasteiger partial charge in [-0.25, -0.2) is 9.97 Å². The highest BCUT2D eigenvalue weighted by Crippen LogP contribution is 2.31. The number of thioether (sulfide) groups is 1. The summed E-state index contributed by atoms with van der Waals surface area (Å²) in [5.74, 6) is 0.885. The normalized spacial score (nSPS) is 11.8. The Hall–Kier alpha value is -1.49. The summed E-state index contributed by atoms with van der Waals surface area (Å²) in [6.45, 7) is 5.37. The molecule has 1 heterocycles. The molecule has 0 spiro atoms. The van der Waals surface area contributed by atoms with Crippen molar-refractivity contribution in [3.05, 3.63) is 24.5 Å². The van der Waals surface area contributed by atoms with E-state index in [0.717, 1.165) is 41.8 Å². The molecule has 0 amide bonds. The number of hydrogen-bond donors (Lipinski definition) is 2. The fourth-order valence-corrected chi connectivity index (χ4v) is 3.11. The molecule has 0 unspecified atom stereocenters. The minimum Gasteiger partial charge on any atom is -0.399 e. The molecule has 4 nitrogen and oxygen atoms in total. The largest absolute Gasteiger partial charge is 0.399 e. The van der Waals surface area contributed by atoms with Gasteiger partial charge >= 0.3 is 0 Å². The summed E-state index contributed by atoms with van der Waals surface area (Å²) in [5, 5.41) is 4.51. The monoisotopic (exact) mass is 290 g/mol. The van der Waals surface area contributed by atoms with Crippen molar-refractivity contribution in [1.82, 2.24) is 9.97 Å². The fourth-order valence-electron chi connectivity index (χ4n) is 2.32. The second-order valence-electron chi connectivity index (χ2n) is 4.95. The van der Waals surface area contributed by atoms with E-state index in [0.29, 0.717) is 0 Å². The Morgan fingerprint density at radius 2 is 2.00 bits per heavy atom. The summed E-state index contributed by atoms with van der Waals surface area (Å²) in [6, 6.07) is 5.74. The van der Waals surface area contributed by atoms with Crippen molar-refractivity contribution >= 4 is 34.2 Å². The molecule has 0 aliphatic rings. The highest BCUT2D eigenvalue weighted by Gasteiger charge is 2.24. The number of benzene rings is 1. The van der Waals surface area contributed by atoms with Gasteiger partial charge in [-0.3, -0.25) is 0 Å². The van der Waals surface area contributed by atoms with E-state index in [1.165, 1.54) is 0 Å². The minimum atomic E-state index is 0.255. The molecule has 3 N–H and O–H groups in total. The number of fused-ring (bicyclic) bond motifs is 1. The molecule has 1 aromatic heterocycles. The molecule has 1 aromatic carbocycles. The Balaban J connectivity index is 2.26. The van der Waals surface area contributed by atoms with Crippen LogP contribution in [0.5, 0.6) is 0 Å². The summed E-state index contributed by atoms with van der Waals surface area (Å²) in [7, 11) is 0. The minimum absolute atomic E-state index is 0.255. The van der Waals surface area contributed by atoms with Crippen LogP contribution in [0.25, 0.3) is 10.9 Å². The summed E-state index contributed by atoms with van der Waals surface area (Å²) in [6.07, 6.45) is 6.03. The van der Waals surface area contributed by atoms with Crippen molar-refractivity contribution in [2.75, 3.05) is 23.9 Å². The maximum Gasteiger partial charge on any atom is 0.137 e. The van der Waals surface area contributed by atoms with Crippen LogP contribution in [0.15, 0.2) is 24.5 Å². The zero-order valence-corrected chi connectivity index (χ0v) is 13.1. The zero-order chi connectivity index (χ0) is 14.6. The van der Waals surface area contributed by atoms with Crippen molar-refractivity contribution in [2.45, 2.75) is 31.4 Å². The Morgan fingerprint density at radius 3 is 2.65 bits per heavy atom. The SMILES string of the molecule is CCC(CC)(CNc1ncnc2cc(N)ccc12)SC. The van der Waals surface area contributed by atoms with Crippen molar-refractivity contribution in [3.63, 3.8) is 0 Å². The number of nitrogens with zero attached hydrogens (tertiary/aromatic N) is 2. The fraction of sp³-hybridized carbons (Fsp3) is 0.467. The van der Waals surface area contributed by atoms with E-state index >= 15 is 0 Å². The third-order valence-electron chi connectivity index (χ3n) is 3.96. The van der Waals surface area contributed by atoms with Gasteiger partial charge in [0.2, 0.25) is 0 Å². The van der Waals surface area contributed by atoms with Gasteiger partial charge in [0, 0.05) is 22.4 Å². The van der Waals surface area contributed by atoms with Crippen LogP contribution in [0.2, 0.25) is 0 Å². The Morgan fingerprint density at radius 1 is 1.25 bits per heavy atom. The molecule has 20 heavy (non-hydrogen) atoms. The number of nitrogens with one attached hydrogen (secondary N) is 1. The average molecular weight is 290 g/mol. The predicted molar refractivity (Wildman–Crippen MR) is 89.3 cm³/mol. The number of aromatic nitrogens is 2. The maximum atomic E-state index is 5.80. The molecule has 0 aliphatic heterocycles. The van der Waals surface area contributed by atoms with E-state index in [2.05, 4.69) is 35.4 Å². The first-order valence-corrected chi connectivity index (χ1v) is 8.16. The molecular weight excluding hydrogens is 268 g/mol. The highest BCUT2D eigenvalue weighted by atomic mass is 32.2. The molecule has 0 aliphatic carbocycles. The second kappa shape index (κ2) is 6.31. The number of hydrogen-bond acceptors (Lipinski definition) is 5. The van der Waals surface area contributed by atoms with E-state index in [4.69, 9.17) is 5.73 Å². The summed E-state index contributed by atoms with van der Waals surface area (Å²) < 4.78 is 0.255. The van der Waals surface area contributed by atoms with Gasteiger partial charge in [-0.1, -0.05) is 13.8 Å². The van der Waals surface area contributed by atoms with Crippen LogP contribution in [-0.4, -0.2) is 27.5 Å². The Labute approximate surface area is 124 Å². The van der Waals surface area contributed by atoms with Gasteiger partial charge in [0.1, 0.15) is 12.1 Å². The molecule has 108 valence electrons. The molecule has 0 radical (unpaired) electrons. The summed E-state index contributed by atoms with van der Waals surface area (Å²) in [5.41, 5.74) is 7.40. The smallest absolute Gasteiger partial charge is 0.137 e. The molecule has 5 heteroatoms. The third-order valence-corrected chi connectivity index (χ3v) is 5.55. The number of anilines is 2. The van der Waals surface area contributed by atoms with Gasteiger partial charge < -0.3 is 11.1 Å². The molecule has 2 aromatic rings. The molecule has 2 rings (SSSR count). The van der Waals surface area contributed by atoms with Crippen molar-refractivity contribution < 1.29 is 0 Å². The lowest BCUT2D eigenvalue weighted by atomic mass is 10.0. The van der Waals surface area contributed by atoms with Crippen LogP contribution in [-0.2, 0) is 0 Å². The van der Waals surface area contributed by atoms with E-state index in [9.17, 15) is 0 Å². The average Bonchev–Trinajstić information content (AvgIpc) is 2.49. The maximum absolute atomic E-state index is 5.80. The second-order valence-corrected chi connectivity index (χ2v) is 6.22. The van der Waals surface area contributed by atoms with Gasteiger partial charge in [-0.2, -0.15) is 11.8 Å². The molecule has 0 atom stereocenters. The third kappa shape index (κ3) is 2.98. The summed E-state index contributed by atoms with van der Waals surface area (Å²) >= 11 is 1.92. The van der Waals surface area contributed by atoms with Gasteiger partial charge in [-0.15, -0.1) is 0 Å². The Kier molecular flexibility index (Phi) is 4.70. The number of nitrogens with two attached hydrogens (primary N) is 1. The quantitative estimate of drug-likeness (QED) is 0.797. The van der Waals surface area contributed by atoms with Crippen molar-refractivity contribution in [3.8, 4) is 0 Å². The lowest BCUT2D eigenvalue weighted by Crippen LogP contribution is -2.32. The van der Waals surface area contributed by atoms with Crippen LogP contribution in [0, 0.1) is 0 Å². The molecule has 0 fully saturated rings. The summed E-state index contributed by atoms with van der Waals surface area (Å²) in [4.78, 5) is 8.64. The zero-order valence-electron chi connectivity index (χ0n) is 12.3. The van der Waals surface area contributed by atoms with Crippen LogP contribution in [0.1, 0.15) is 26.7 Å². The van der Waals surface area contributed by atoms with Gasteiger partial charge in [0.25, 0.3) is 0 Å². The lowest BCUT2D eigenvalue weighted by molar-refractivity contribution is 0.574. The lowest BCUT2D eigenvalue weighted by Gasteiger charge is -2.30. The van der Waals surface area contributed by atoms with Gasteiger partial charge in [-0.05, 0) is 37.3 Å². The number of rotatable bonds is 6. The van der Waals surface area contributed by atoms with E-state index < -0.39 is 0 Å². The standard InChI is InChI=1S/C15H22N4S/c1-4-15(5-2,20-3)9-17-14-12-7-6-11(16)8-13(12)18-10-19-14/h6-8,10H,4-5,9,16H2,1-3H3,(H,17,18,19). The van der Waals surface area contributed by atoms with Crippen molar-refractivity contribution in [1.29, 1.82) is 0 Å². The molecule has 0 bridgehead atoms.